The van der Waals surface area contributed by atoms with Crippen LogP contribution in [0.25, 0.3) is 11.3 Å². The van der Waals surface area contributed by atoms with E-state index >= 15 is 0 Å². The molecular weight excluding hydrogens is 438 g/mol. The van der Waals surface area contributed by atoms with Gasteiger partial charge in [-0.3, -0.25) is 4.79 Å². The molecule has 0 saturated heterocycles. The molecule has 0 spiro atoms. The van der Waals surface area contributed by atoms with Gasteiger partial charge in [-0.05, 0) is 61.3 Å². The Kier molecular flexibility index (Phi) is 8.07. The van der Waals surface area contributed by atoms with E-state index in [1.807, 2.05) is 24.4 Å². The normalized spacial score (nSPS) is 21.6. The Morgan fingerprint density at radius 2 is 1.80 bits per heavy atom. The summed E-state index contributed by atoms with van der Waals surface area (Å²) in [6.45, 7) is 11.3. The SMILES string of the molecule is COCCNC1CCC(Nc2nccc(-c3ccc4c(c3)C(C(C)C)(C(C)C)CNC4=O)n2)CC1. The van der Waals surface area contributed by atoms with Crippen LogP contribution in [-0.2, 0) is 10.2 Å². The van der Waals surface area contributed by atoms with Crippen molar-refractivity contribution in [2.75, 3.05) is 32.1 Å². The molecule has 1 amide bonds. The number of nitrogens with zero attached hydrogens (tertiary/aromatic N) is 2. The fourth-order valence-electron chi connectivity index (χ4n) is 5.98. The molecule has 1 aliphatic carbocycles. The van der Waals surface area contributed by atoms with Crippen LogP contribution in [0.5, 0.6) is 0 Å². The molecule has 7 heteroatoms. The van der Waals surface area contributed by atoms with Gasteiger partial charge >= 0.3 is 0 Å². The van der Waals surface area contributed by atoms with E-state index in [9.17, 15) is 4.79 Å². The van der Waals surface area contributed by atoms with Crippen LogP contribution in [0, 0.1) is 11.8 Å². The van der Waals surface area contributed by atoms with Crippen molar-refractivity contribution in [3.05, 3.63) is 41.6 Å². The molecule has 7 nitrogen and oxygen atoms in total. The van der Waals surface area contributed by atoms with Crippen molar-refractivity contribution in [3.63, 3.8) is 0 Å². The zero-order valence-corrected chi connectivity index (χ0v) is 21.9. The number of hydrogen-bond donors (Lipinski definition) is 3. The fourth-order valence-corrected chi connectivity index (χ4v) is 5.98. The molecule has 0 atom stereocenters. The maximum atomic E-state index is 12.7. The van der Waals surface area contributed by atoms with Gasteiger partial charge in [-0.15, -0.1) is 0 Å². The molecule has 0 radical (unpaired) electrons. The summed E-state index contributed by atoms with van der Waals surface area (Å²) >= 11 is 0. The van der Waals surface area contributed by atoms with Crippen molar-refractivity contribution in [2.24, 2.45) is 11.8 Å². The number of hydrogen-bond acceptors (Lipinski definition) is 6. The molecule has 2 aliphatic rings. The van der Waals surface area contributed by atoms with Crippen molar-refractivity contribution in [1.82, 2.24) is 20.6 Å². The second kappa shape index (κ2) is 11.0. The Morgan fingerprint density at radius 3 is 2.49 bits per heavy atom. The lowest BCUT2D eigenvalue weighted by molar-refractivity contribution is 0.0887. The number of benzene rings is 1. The maximum Gasteiger partial charge on any atom is 0.251 e. The van der Waals surface area contributed by atoms with Gasteiger partial charge in [0.1, 0.15) is 0 Å². The van der Waals surface area contributed by atoms with Crippen molar-refractivity contribution in [1.29, 1.82) is 0 Å². The van der Waals surface area contributed by atoms with Gasteiger partial charge in [0.15, 0.2) is 0 Å². The van der Waals surface area contributed by atoms with Crippen LogP contribution in [0.2, 0.25) is 0 Å². The molecule has 190 valence electrons. The number of fused-ring (bicyclic) bond motifs is 1. The highest BCUT2D eigenvalue weighted by molar-refractivity contribution is 5.98. The van der Waals surface area contributed by atoms with Gasteiger partial charge in [0.25, 0.3) is 5.91 Å². The van der Waals surface area contributed by atoms with Crippen LogP contribution in [0.4, 0.5) is 5.95 Å². The van der Waals surface area contributed by atoms with E-state index in [1.54, 1.807) is 7.11 Å². The van der Waals surface area contributed by atoms with E-state index in [0.717, 1.165) is 61.2 Å². The summed E-state index contributed by atoms with van der Waals surface area (Å²) in [6, 6.07) is 9.07. The smallest absolute Gasteiger partial charge is 0.251 e. The van der Waals surface area contributed by atoms with Gasteiger partial charge < -0.3 is 20.7 Å². The number of nitrogens with one attached hydrogen (secondary N) is 3. The molecular formula is C28H41N5O2. The Hall–Kier alpha value is -2.51. The summed E-state index contributed by atoms with van der Waals surface area (Å²) in [5.74, 6) is 1.46. The fraction of sp³-hybridized carbons (Fsp3) is 0.607. The Labute approximate surface area is 209 Å². The molecule has 1 saturated carbocycles. The van der Waals surface area contributed by atoms with Gasteiger partial charge in [-0.1, -0.05) is 33.8 Å². The van der Waals surface area contributed by atoms with E-state index in [-0.39, 0.29) is 11.3 Å². The lowest BCUT2D eigenvalue weighted by Gasteiger charge is -2.46. The van der Waals surface area contributed by atoms with Crippen LogP contribution in [0.3, 0.4) is 0 Å². The summed E-state index contributed by atoms with van der Waals surface area (Å²) in [7, 11) is 1.74. The minimum Gasteiger partial charge on any atom is -0.383 e. The lowest BCUT2D eigenvalue weighted by atomic mass is 9.61. The number of rotatable bonds is 9. The van der Waals surface area contributed by atoms with Crippen LogP contribution in [0.1, 0.15) is 69.3 Å². The van der Waals surface area contributed by atoms with E-state index in [2.05, 4.69) is 54.7 Å². The number of methoxy groups -OCH3 is 1. The second-order valence-electron chi connectivity index (χ2n) is 10.7. The second-order valence-corrected chi connectivity index (χ2v) is 10.7. The summed E-state index contributed by atoms with van der Waals surface area (Å²) < 4.78 is 5.14. The van der Waals surface area contributed by atoms with Crippen LogP contribution in [0.15, 0.2) is 30.5 Å². The molecule has 2 heterocycles. The number of anilines is 1. The number of amides is 1. The van der Waals surface area contributed by atoms with Gasteiger partial charge in [-0.2, -0.15) is 0 Å². The number of aromatic nitrogens is 2. The first-order valence-electron chi connectivity index (χ1n) is 13.1. The molecule has 1 fully saturated rings. The molecule has 3 N–H and O–H groups in total. The third-order valence-corrected chi connectivity index (χ3v) is 8.12. The molecule has 0 unspecified atom stereocenters. The first-order chi connectivity index (χ1) is 16.8. The zero-order chi connectivity index (χ0) is 25.0. The highest BCUT2D eigenvalue weighted by Gasteiger charge is 2.44. The molecule has 2 aromatic rings. The summed E-state index contributed by atoms with van der Waals surface area (Å²) in [5, 5.41) is 10.3. The maximum absolute atomic E-state index is 12.7. The summed E-state index contributed by atoms with van der Waals surface area (Å²) in [6.07, 6.45) is 6.29. The van der Waals surface area contributed by atoms with Crippen molar-refractivity contribution >= 4 is 11.9 Å². The Balaban J connectivity index is 1.52. The highest BCUT2D eigenvalue weighted by atomic mass is 16.5. The number of carbonyl (C=O) groups excluding carboxylic acids is 1. The molecule has 4 rings (SSSR count). The van der Waals surface area contributed by atoms with Crippen LogP contribution < -0.4 is 16.0 Å². The predicted octanol–water partition coefficient (Wildman–Crippen LogP) is 4.40. The first-order valence-corrected chi connectivity index (χ1v) is 13.1. The van der Waals surface area contributed by atoms with Crippen LogP contribution >= 0.6 is 0 Å². The van der Waals surface area contributed by atoms with Crippen molar-refractivity contribution in [3.8, 4) is 11.3 Å². The van der Waals surface area contributed by atoms with Gasteiger partial charge in [-0.25, -0.2) is 9.97 Å². The van der Waals surface area contributed by atoms with Gasteiger partial charge in [0, 0.05) is 55.0 Å². The monoisotopic (exact) mass is 479 g/mol. The quantitative estimate of drug-likeness (QED) is 0.462. The minimum absolute atomic E-state index is 0.0147. The average Bonchev–Trinajstić information content (AvgIpc) is 2.85. The first kappa shape index (κ1) is 25.6. The molecule has 35 heavy (non-hydrogen) atoms. The average molecular weight is 480 g/mol. The van der Waals surface area contributed by atoms with Gasteiger partial charge in [0.2, 0.25) is 5.95 Å². The Bertz CT molecular complexity index is 1010. The van der Waals surface area contributed by atoms with Crippen molar-refractivity contribution < 1.29 is 9.53 Å². The summed E-state index contributed by atoms with van der Waals surface area (Å²) in [4.78, 5) is 22.1. The molecule has 0 bridgehead atoms. The topological polar surface area (TPSA) is 88.2 Å². The zero-order valence-electron chi connectivity index (χ0n) is 21.9. The molecule has 1 aromatic carbocycles. The molecule has 1 aromatic heterocycles. The lowest BCUT2D eigenvalue weighted by Crippen LogP contribution is -2.53. The summed E-state index contributed by atoms with van der Waals surface area (Å²) in [5.41, 5.74) is 3.72. The molecule has 1 aliphatic heterocycles. The third-order valence-electron chi connectivity index (χ3n) is 8.12. The minimum atomic E-state index is -0.108. The van der Waals surface area contributed by atoms with E-state index < -0.39 is 0 Å². The third kappa shape index (κ3) is 5.36. The Morgan fingerprint density at radius 1 is 1.09 bits per heavy atom. The van der Waals surface area contributed by atoms with Gasteiger partial charge in [0.05, 0.1) is 12.3 Å². The number of carbonyl (C=O) groups is 1. The number of ether oxygens (including phenoxy) is 1. The standard InChI is InChI=1S/C28H41N5O2/c1-18(2)28(19(3)4)17-31-26(34)23-11-6-20(16-24(23)28)25-12-13-30-27(33-25)32-22-9-7-21(8-10-22)29-14-15-35-5/h6,11-13,16,18-19,21-22,29H,7-10,14-15,17H2,1-5H3,(H,31,34)(H,30,32,33). The predicted molar refractivity (Wildman–Crippen MR) is 141 cm³/mol. The van der Waals surface area contributed by atoms with E-state index in [1.165, 1.54) is 0 Å². The van der Waals surface area contributed by atoms with E-state index in [4.69, 9.17) is 9.72 Å². The largest absolute Gasteiger partial charge is 0.383 e. The highest BCUT2D eigenvalue weighted by Crippen LogP contribution is 2.44. The van der Waals surface area contributed by atoms with E-state index in [0.29, 0.717) is 36.4 Å². The van der Waals surface area contributed by atoms with Crippen LogP contribution in [-0.4, -0.2) is 54.8 Å². The van der Waals surface area contributed by atoms with Crippen molar-refractivity contribution in [2.45, 2.75) is 70.9 Å².